The number of nitrogens with one attached hydrogen (secondary N) is 1. The third-order valence-electron chi connectivity index (χ3n) is 2.13. The fourth-order valence-corrected chi connectivity index (χ4v) is 1.35. The van der Waals surface area contributed by atoms with Gasteiger partial charge in [0.15, 0.2) is 0 Å². The van der Waals surface area contributed by atoms with Gasteiger partial charge >= 0.3 is 0 Å². The molecule has 0 amide bonds. The summed E-state index contributed by atoms with van der Waals surface area (Å²) in [6, 6.07) is 0. The maximum atomic E-state index is 7.32. The normalized spacial score (nSPS) is 13.4. The summed E-state index contributed by atoms with van der Waals surface area (Å²) in [5, 5.41) is 7.32. The van der Waals surface area contributed by atoms with Crippen LogP contribution in [0.3, 0.4) is 0 Å². The van der Waals surface area contributed by atoms with Crippen LogP contribution in [0.1, 0.15) is 27.2 Å². The first-order valence-electron chi connectivity index (χ1n) is 5.75. The molecule has 0 radical (unpaired) electrons. The first-order chi connectivity index (χ1) is 8.19. The van der Waals surface area contributed by atoms with E-state index in [4.69, 9.17) is 10.1 Å². The first kappa shape index (κ1) is 15.2. The minimum Gasteiger partial charge on any atom is -0.497 e. The Kier molecular flexibility index (Phi) is 7.52. The topological polar surface area (TPSA) is 36.3 Å². The Morgan fingerprint density at radius 2 is 2.12 bits per heavy atom. The van der Waals surface area contributed by atoms with E-state index in [2.05, 4.69) is 6.58 Å². The van der Waals surface area contributed by atoms with E-state index in [0.717, 1.165) is 23.6 Å². The van der Waals surface area contributed by atoms with Gasteiger partial charge in [0.1, 0.15) is 5.76 Å². The summed E-state index contributed by atoms with van der Waals surface area (Å²) in [7, 11) is 1.64. The minimum atomic E-state index is 0.769. The van der Waals surface area contributed by atoms with Crippen LogP contribution in [0.15, 0.2) is 48.0 Å². The molecule has 0 bridgehead atoms. The Morgan fingerprint density at radius 3 is 2.59 bits per heavy atom. The van der Waals surface area contributed by atoms with Crippen molar-refractivity contribution in [3.63, 3.8) is 0 Å². The van der Waals surface area contributed by atoms with Gasteiger partial charge in [-0.05, 0) is 25.2 Å². The van der Waals surface area contributed by atoms with Crippen LogP contribution >= 0.6 is 0 Å². The van der Waals surface area contributed by atoms with E-state index < -0.39 is 0 Å². The highest BCUT2D eigenvalue weighted by molar-refractivity contribution is 5.58. The molecule has 3 nitrogen and oxygen atoms in total. The maximum absolute atomic E-state index is 7.32. The summed E-state index contributed by atoms with van der Waals surface area (Å²) >= 11 is 0. The lowest BCUT2D eigenvalue weighted by molar-refractivity contribution is 0.307. The fourth-order valence-electron chi connectivity index (χ4n) is 1.35. The average Bonchev–Trinajstić information content (AvgIpc) is 2.58. The Hall–Kier alpha value is -1.77. The van der Waals surface area contributed by atoms with E-state index in [0.29, 0.717) is 0 Å². The van der Waals surface area contributed by atoms with Gasteiger partial charge in [0, 0.05) is 17.8 Å². The van der Waals surface area contributed by atoms with Crippen LogP contribution in [0.2, 0.25) is 0 Å². The molecule has 0 heterocycles. The van der Waals surface area contributed by atoms with Crippen molar-refractivity contribution >= 4 is 6.34 Å². The van der Waals surface area contributed by atoms with Crippen molar-refractivity contribution < 1.29 is 4.74 Å². The molecule has 3 heteroatoms. The number of nitrogens with zero attached hydrogens (tertiary/aromatic N) is 1. The number of methoxy groups -OCH3 is 1. The van der Waals surface area contributed by atoms with Crippen LogP contribution in [-0.4, -0.2) is 18.3 Å². The van der Waals surface area contributed by atoms with Gasteiger partial charge < -0.3 is 9.64 Å². The van der Waals surface area contributed by atoms with Gasteiger partial charge in [-0.3, -0.25) is 5.41 Å². The Morgan fingerprint density at radius 1 is 1.47 bits per heavy atom. The number of hydrogen-bond donors (Lipinski definition) is 1. The quantitative estimate of drug-likeness (QED) is 0.593. The first-order valence-corrected chi connectivity index (χ1v) is 5.75. The summed E-state index contributed by atoms with van der Waals surface area (Å²) in [6.45, 7) is 9.71. The predicted octanol–water partition coefficient (Wildman–Crippen LogP) is 3.83. The number of ether oxygens (including phenoxy) is 1. The zero-order valence-electron chi connectivity index (χ0n) is 11.2. The Bertz CT molecular complexity index is 351. The van der Waals surface area contributed by atoms with Crippen molar-refractivity contribution in [2.75, 3.05) is 7.11 Å². The second-order valence-corrected chi connectivity index (χ2v) is 3.27. The van der Waals surface area contributed by atoms with Crippen LogP contribution in [0, 0.1) is 5.41 Å². The molecule has 0 saturated heterocycles. The van der Waals surface area contributed by atoms with Crippen LogP contribution in [-0.2, 0) is 4.74 Å². The van der Waals surface area contributed by atoms with Gasteiger partial charge in [0.2, 0.25) is 0 Å². The molecule has 0 saturated carbocycles. The van der Waals surface area contributed by atoms with E-state index in [9.17, 15) is 0 Å². The molecule has 1 aliphatic rings. The summed E-state index contributed by atoms with van der Waals surface area (Å²) in [6.07, 6.45) is 9.80. The van der Waals surface area contributed by atoms with Gasteiger partial charge in [-0.1, -0.05) is 26.5 Å². The lowest BCUT2D eigenvalue weighted by Gasteiger charge is -2.20. The molecule has 94 valence electrons. The molecule has 0 unspecified atom stereocenters. The second-order valence-electron chi connectivity index (χ2n) is 3.27. The summed E-state index contributed by atoms with van der Waals surface area (Å²) in [4.78, 5) is 1.75. The molecule has 0 atom stereocenters. The standard InChI is InChI=1S/C12H16N2O.C2H6/c1-10(2)14(9-13)11-5-4-6-12(15-3)8-7-11;1-2/h4,6-9,13H,1,5H2,2-3H3;1-2H3. The van der Waals surface area contributed by atoms with Crippen molar-refractivity contribution in [2.24, 2.45) is 0 Å². The molecule has 0 aromatic rings. The van der Waals surface area contributed by atoms with Gasteiger partial charge in [0.25, 0.3) is 0 Å². The van der Waals surface area contributed by atoms with Crippen molar-refractivity contribution in [3.8, 4) is 0 Å². The van der Waals surface area contributed by atoms with Crippen molar-refractivity contribution in [1.29, 1.82) is 5.41 Å². The largest absolute Gasteiger partial charge is 0.497 e. The third kappa shape index (κ3) is 4.72. The molecular weight excluding hydrogens is 212 g/mol. The molecule has 0 aromatic heterocycles. The summed E-state index contributed by atoms with van der Waals surface area (Å²) in [5.41, 5.74) is 1.85. The van der Waals surface area contributed by atoms with Crippen LogP contribution in [0.25, 0.3) is 0 Å². The van der Waals surface area contributed by atoms with Gasteiger partial charge in [-0.2, -0.15) is 0 Å². The zero-order chi connectivity index (χ0) is 13.3. The van der Waals surface area contributed by atoms with Crippen molar-refractivity contribution in [3.05, 3.63) is 48.0 Å². The zero-order valence-corrected chi connectivity index (χ0v) is 11.2. The van der Waals surface area contributed by atoms with Gasteiger partial charge in [-0.15, -0.1) is 0 Å². The highest BCUT2D eigenvalue weighted by Gasteiger charge is 2.07. The number of hydrogen-bond acceptors (Lipinski definition) is 2. The molecular formula is C14H22N2O. The van der Waals surface area contributed by atoms with E-state index >= 15 is 0 Å². The molecule has 1 N–H and O–H groups in total. The molecule has 0 fully saturated rings. The highest BCUT2D eigenvalue weighted by atomic mass is 16.5. The smallest absolute Gasteiger partial charge is 0.118 e. The van der Waals surface area contributed by atoms with E-state index in [1.165, 1.54) is 6.34 Å². The van der Waals surface area contributed by atoms with Crippen LogP contribution in [0.5, 0.6) is 0 Å². The minimum absolute atomic E-state index is 0.769. The van der Waals surface area contributed by atoms with Gasteiger partial charge in [-0.25, -0.2) is 0 Å². The van der Waals surface area contributed by atoms with Crippen LogP contribution < -0.4 is 0 Å². The number of rotatable bonds is 4. The van der Waals surface area contributed by atoms with Gasteiger partial charge in [0.05, 0.1) is 13.4 Å². The van der Waals surface area contributed by atoms with E-state index in [-0.39, 0.29) is 0 Å². The average molecular weight is 234 g/mol. The molecule has 17 heavy (non-hydrogen) atoms. The molecule has 0 aliphatic heterocycles. The second kappa shape index (κ2) is 8.39. The van der Waals surface area contributed by atoms with E-state index in [1.54, 1.807) is 12.0 Å². The van der Waals surface area contributed by atoms with Crippen molar-refractivity contribution in [1.82, 2.24) is 4.90 Å². The van der Waals surface area contributed by atoms with Crippen molar-refractivity contribution in [2.45, 2.75) is 27.2 Å². The molecule has 0 spiro atoms. The van der Waals surface area contributed by atoms with E-state index in [1.807, 2.05) is 45.1 Å². The highest BCUT2D eigenvalue weighted by Crippen LogP contribution is 2.17. The summed E-state index contributed by atoms with van der Waals surface area (Å²) in [5.74, 6) is 0.816. The Balaban J connectivity index is 0.00000121. The number of allylic oxidation sites excluding steroid dienone is 5. The monoisotopic (exact) mass is 234 g/mol. The molecule has 0 aromatic carbocycles. The molecule has 1 aliphatic carbocycles. The third-order valence-corrected chi connectivity index (χ3v) is 2.13. The fraction of sp³-hybridized carbons (Fsp3) is 0.357. The SMILES string of the molecule is C=C(C)N(C=N)C1=CC=C(OC)C=CC1.CC. The lowest BCUT2D eigenvalue weighted by atomic mass is 10.2. The summed E-state index contributed by atoms with van der Waals surface area (Å²) < 4.78 is 5.13. The van der Waals surface area contributed by atoms with Crippen LogP contribution in [0.4, 0.5) is 0 Å². The Labute approximate surface area is 104 Å². The predicted molar refractivity (Wildman–Crippen MR) is 73.7 cm³/mol. The molecule has 1 rings (SSSR count). The maximum Gasteiger partial charge on any atom is 0.118 e. The lowest BCUT2D eigenvalue weighted by Crippen LogP contribution is -2.17.